The number of fused-ring (bicyclic) bond motifs is 1. The maximum Gasteiger partial charge on any atom is 0.266 e. The molecule has 0 unspecified atom stereocenters. The van der Waals surface area contributed by atoms with Gasteiger partial charge in [0.25, 0.3) is 5.91 Å². The van der Waals surface area contributed by atoms with Gasteiger partial charge in [0.2, 0.25) is 0 Å². The van der Waals surface area contributed by atoms with Crippen molar-refractivity contribution >= 4 is 28.9 Å². The van der Waals surface area contributed by atoms with E-state index in [1.165, 1.54) is 11.3 Å². The van der Waals surface area contributed by atoms with Gasteiger partial charge in [0.05, 0.1) is 12.1 Å². The van der Waals surface area contributed by atoms with Crippen LogP contribution in [0.15, 0.2) is 48.0 Å². The smallest absolute Gasteiger partial charge is 0.266 e. The van der Waals surface area contributed by atoms with Crippen LogP contribution < -0.4 is 15.0 Å². The van der Waals surface area contributed by atoms with E-state index in [0.29, 0.717) is 18.3 Å². The van der Waals surface area contributed by atoms with Crippen molar-refractivity contribution in [2.45, 2.75) is 60.0 Å². The van der Waals surface area contributed by atoms with Crippen LogP contribution in [0.3, 0.4) is 0 Å². The number of amides is 1. The summed E-state index contributed by atoms with van der Waals surface area (Å²) in [5.41, 5.74) is 5.97. The van der Waals surface area contributed by atoms with Gasteiger partial charge in [-0.25, -0.2) is 0 Å². The number of hydrogen-bond acceptors (Lipinski definition) is 4. The topological polar surface area (TPSA) is 65.4 Å². The van der Waals surface area contributed by atoms with E-state index < -0.39 is 5.91 Å². The number of nitriles is 1. The molecule has 5 nitrogen and oxygen atoms in total. The number of nitrogens with one attached hydrogen (secondary N) is 1. The van der Waals surface area contributed by atoms with E-state index in [0.717, 1.165) is 22.4 Å². The number of benzene rings is 2. The SMILES string of the molecule is CCOc1ccc(NC(=O)/C(C#N)=C\c2cc3c(cc2C)N(C(C)C)C(C)(C)C=C3C)cc1. The van der Waals surface area contributed by atoms with Crippen molar-refractivity contribution in [2.75, 3.05) is 16.8 Å². The molecule has 1 heterocycles. The van der Waals surface area contributed by atoms with Crippen molar-refractivity contribution in [3.8, 4) is 11.8 Å². The molecule has 0 aromatic heterocycles. The van der Waals surface area contributed by atoms with Crippen LogP contribution in [0.1, 0.15) is 58.2 Å². The average molecular weight is 444 g/mol. The summed E-state index contributed by atoms with van der Waals surface area (Å²) in [6.07, 6.45) is 3.95. The zero-order valence-corrected chi connectivity index (χ0v) is 20.6. The molecule has 1 aliphatic rings. The second-order valence-electron chi connectivity index (χ2n) is 9.25. The van der Waals surface area contributed by atoms with Gasteiger partial charge in [-0.3, -0.25) is 4.79 Å². The molecule has 0 saturated carbocycles. The van der Waals surface area contributed by atoms with E-state index in [-0.39, 0.29) is 11.1 Å². The van der Waals surface area contributed by atoms with E-state index in [9.17, 15) is 10.1 Å². The minimum absolute atomic E-state index is 0.0606. The van der Waals surface area contributed by atoms with Crippen molar-refractivity contribution in [2.24, 2.45) is 0 Å². The summed E-state index contributed by atoms with van der Waals surface area (Å²) < 4.78 is 5.43. The van der Waals surface area contributed by atoms with Crippen LogP contribution in [0, 0.1) is 18.3 Å². The standard InChI is InChI=1S/C28H33N3O2/c1-8-33-24-11-9-23(10-12-24)30-27(32)22(17-29)14-21-15-25-20(5)16-28(6,7)31(18(2)3)26(25)13-19(21)4/h9-16,18H,8H2,1-7H3,(H,30,32)/b22-14-. The van der Waals surface area contributed by atoms with Gasteiger partial charge < -0.3 is 15.0 Å². The number of anilines is 2. The first-order chi connectivity index (χ1) is 15.6. The molecule has 0 atom stereocenters. The molecule has 1 N–H and O–H groups in total. The predicted octanol–water partition coefficient (Wildman–Crippen LogP) is 6.35. The average Bonchev–Trinajstić information content (AvgIpc) is 2.73. The minimum atomic E-state index is -0.434. The van der Waals surface area contributed by atoms with Crippen molar-refractivity contribution in [1.29, 1.82) is 5.26 Å². The normalized spacial score (nSPS) is 14.9. The van der Waals surface area contributed by atoms with Gasteiger partial charge in [-0.15, -0.1) is 0 Å². The molecule has 0 saturated heterocycles. The number of hydrogen-bond donors (Lipinski definition) is 1. The van der Waals surface area contributed by atoms with E-state index in [2.05, 4.69) is 69.1 Å². The molecular formula is C28H33N3O2. The van der Waals surface area contributed by atoms with Gasteiger partial charge >= 0.3 is 0 Å². The fourth-order valence-electron chi connectivity index (χ4n) is 4.62. The van der Waals surface area contributed by atoms with Gasteiger partial charge in [0.1, 0.15) is 17.4 Å². The molecule has 1 amide bonds. The number of rotatable bonds is 6. The Labute approximate surface area is 197 Å². The van der Waals surface area contributed by atoms with Gasteiger partial charge in [0, 0.05) is 23.0 Å². The summed E-state index contributed by atoms with van der Waals surface area (Å²) in [5, 5.41) is 12.5. The highest BCUT2D eigenvalue weighted by molar-refractivity contribution is 6.09. The Morgan fingerprint density at radius 3 is 2.45 bits per heavy atom. The predicted molar refractivity (Wildman–Crippen MR) is 136 cm³/mol. The van der Waals surface area contributed by atoms with Crippen LogP contribution in [0.5, 0.6) is 5.75 Å². The number of ether oxygens (including phenoxy) is 1. The molecule has 0 bridgehead atoms. The fraction of sp³-hybridized carbons (Fsp3) is 0.357. The van der Waals surface area contributed by atoms with Gasteiger partial charge in [0.15, 0.2) is 0 Å². The Balaban J connectivity index is 1.94. The molecule has 0 fully saturated rings. The number of carbonyl (C=O) groups is 1. The molecule has 0 aliphatic carbocycles. The molecule has 1 aliphatic heterocycles. The summed E-state index contributed by atoms with van der Waals surface area (Å²) in [6, 6.07) is 13.8. The molecule has 2 aromatic carbocycles. The number of carbonyl (C=O) groups excluding carboxylic acids is 1. The first-order valence-electron chi connectivity index (χ1n) is 11.4. The van der Waals surface area contributed by atoms with E-state index >= 15 is 0 Å². The maximum absolute atomic E-state index is 12.8. The van der Waals surface area contributed by atoms with Crippen LogP contribution in [0.2, 0.25) is 0 Å². The lowest BCUT2D eigenvalue weighted by Gasteiger charge is -2.46. The Bertz CT molecular complexity index is 1150. The summed E-state index contributed by atoms with van der Waals surface area (Å²) in [4.78, 5) is 15.2. The zero-order valence-electron chi connectivity index (χ0n) is 20.6. The molecule has 0 spiro atoms. The van der Waals surface area contributed by atoms with Crippen LogP contribution in [-0.4, -0.2) is 24.1 Å². The van der Waals surface area contributed by atoms with Crippen molar-refractivity contribution in [3.63, 3.8) is 0 Å². The van der Waals surface area contributed by atoms with Crippen LogP contribution >= 0.6 is 0 Å². The monoisotopic (exact) mass is 443 g/mol. The molecule has 33 heavy (non-hydrogen) atoms. The third kappa shape index (κ3) is 5.12. The maximum atomic E-state index is 12.8. The number of aryl methyl sites for hydroxylation is 1. The third-order valence-corrected chi connectivity index (χ3v) is 5.86. The summed E-state index contributed by atoms with van der Waals surface area (Å²) in [7, 11) is 0. The summed E-state index contributed by atoms with van der Waals surface area (Å²) in [5.74, 6) is 0.300. The second kappa shape index (κ2) is 9.54. The van der Waals surface area contributed by atoms with Crippen LogP contribution in [0.4, 0.5) is 11.4 Å². The number of nitrogens with zero attached hydrogens (tertiary/aromatic N) is 2. The summed E-state index contributed by atoms with van der Waals surface area (Å²) in [6.45, 7) is 15.5. The lowest BCUT2D eigenvalue weighted by molar-refractivity contribution is -0.112. The van der Waals surface area contributed by atoms with Crippen molar-refractivity contribution in [3.05, 3.63) is 64.7 Å². The number of allylic oxidation sites excluding steroid dienone is 1. The van der Waals surface area contributed by atoms with Gasteiger partial charge in [-0.05, 0) is 108 Å². The highest BCUT2D eigenvalue weighted by atomic mass is 16.5. The minimum Gasteiger partial charge on any atom is -0.494 e. The van der Waals surface area contributed by atoms with Gasteiger partial charge in [-0.2, -0.15) is 5.26 Å². The molecule has 172 valence electrons. The quantitative estimate of drug-likeness (QED) is 0.417. The second-order valence-corrected chi connectivity index (χ2v) is 9.25. The van der Waals surface area contributed by atoms with E-state index in [1.54, 1.807) is 30.3 Å². The lowest BCUT2D eigenvalue weighted by Crippen LogP contribution is -2.49. The largest absolute Gasteiger partial charge is 0.494 e. The highest BCUT2D eigenvalue weighted by Gasteiger charge is 2.33. The van der Waals surface area contributed by atoms with Crippen LogP contribution in [-0.2, 0) is 4.79 Å². The Hall–Kier alpha value is -3.52. The van der Waals surface area contributed by atoms with Crippen molar-refractivity contribution < 1.29 is 9.53 Å². The molecule has 3 rings (SSSR count). The Morgan fingerprint density at radius 2 is 1.88 bits per heavy atom. The molecule has 2 aromatic rings. The van der Waals surface area contributed by atoms with Crippen molar-refractivity contribution in [1.82, 2.24) is 0 Å². The highest BCUT2D eigenvalue weighted by Crippen LogP contribution is 2.41. The van der Waals surface area contributed by atoms with E-state index in [4.69, 9.17) is 4.74 Å². The van der Waals surface area contributed by atoms with Gasteiger partial charge in [-0.1, -0.05) is 6.08 Å². The lowest BCUT2D eigenvalue weighted by atomic mass is 9.85. The molecular weight excluding hydrogens is 410 g/mol. The molecule has 0 radical (unpaired) electrons. The molecule has 5 heteroatoms. The zero-order chi connectivity index (χ0) is 24.3. The van der Waals surface area contributed by atoms with E-state index in [1.807, 2.05) is 13.8 Å². The first-order valence-corrected chi connectivity index (χ1v) is 11.4. The first kappa shape index (κ1) is 24.1. The Kier molecular flexibility index (Phi) is 6.98. The third-order valence-electron chi connectivity index (χ3n) is 5.86. The fourth-order valence-corrected chi connectivity index (χ4v) is 4.62. The summed E-state index contributed by atoms with van der Waals surface area (Å²) >= 11 is 0. The van der Waals surface area contributed by atoms with Crippen LogP contribution in [0.25, 0.3) is 11.6 Å². The Morgan fingerprint density at radius 1 is 1.21 bits per heavy atom.